The average molecular weight is 366 g/mol. The summed E-state index contributed by atoms with van der Waals surface area (Å²) in [4.78, 5) is 27.5. The molecule has 8 heteroatoms. The second kappa shape index (κ2) is 6.42. The first-order valence-electron chi connectivity index (χ1n) is 8.51. The molecular formula is C17H24N3O4S+. The van der Waals surface area contributed by atoms with Gasteiger partial charge in [0.2, 0.25) is 0 Å². The molecule has 0 aliphatic carbocycles. The summed E-state index contributed by atoms with van der Waals surface area (Å²) in [6.45, 7) is 4.48. The zero-order chi connectivity index (χ0) is 18.2. The summed E-state index contributed by atoms with van der Waals surface area (Å²) in [7, 11) is -3.00. The molecular weight excluding hydrogens is 342 g/mol. The number of nitrogens with zero attached hydrogens (tertiary/aromatic N) is 1. The minimum absolute atomic E-state index is 0.0702. The van der Waals surface area contributed by atoms with Crippen molar-refractivity contribution >= 4 is 21.8 Å². The highest BCUT2D eigenvalue weighted by Gasteiger charge is 2.50. The van der Waals surface area contributed by atoms with Crippen LogP contribution in [0.2, 0.25) is 0 Å². The Morgan fingerprint density at radius 1 is 1.28 bits per heavy atom. The number of hydrogen-bond acceptors (Lipinski definition) is 4. The van der Waals surface area contributed by atoms with Gasteiger partial charge in [0.15, 0.2) is 16.5 Å². The highest BCUT2D eigenvalue weighted by molar-refractivity contribution is 7.91. The number of amides is 3. The van der Waals surface area contributed by atoms with E-state index in [9.17, 15) is 18.0 Å². The predicted molar refractivity (Wildman–Crippen MR) is 92.6 cm³/mol. The van der Waals surface area contributed by atoms with E-state index in [2.05, 4.69) is 5.32 Å². The van der Waals surface area contributed by atoms with Crippen LogP contribution in [0.25, 0.3) is 0 Å². The molecule has 0 saturated carbocycles. The molecule has 3 amide bonds. The van der Waals surface area contributed by atoms with Crippen LogP contribution in [-0.2, 0) is 20.2 Å². The van der Waals surface area contributed by atoms with Crippen LogP contribution < -0.4 is 10.2 Å². The zero-order valence-electron chi connectivity index (χ0n) is 14.5. The summed E-state index contributed by atoms with van der Waals surface area (Å²) >= 11 is 0. The Morgan fingerprint density at radius 3 is 2.52 bits per heavy atom. The summed E-state index contributed by atoms with van der Waals surface area (Å²) in [5.41, 5.74) is -0.351. The van der Waals surface area contributed by atoms with Gasteiger partial charge in [-0.25, -0.2) is 18.1 Å². The maximum Gasteiger partial charge on any atom is 0.329 e. The summed E-state index contributed by atoms with van der Waals surface area (Å²) in [6.07, 6.45) is 0.575. The fourth-order valence-electron chi connectivity index (χ4n) is 3.66. The molecule has 1 unspecified atom stereocenters. The summed E-state index contributed by atoms with van der Waals surface area (Å²) < 4.78 is 23.5. The Labute approximate surface area is 147 Å². The van der Waals surface area contributed by atoms with Gasteiger partial charge in [-0.2, -0.15) is 0 Å². The first kappa shape index (κ1) is 17.9. The molecule has 2 fully saturated rings. The van der Waals surface area contributed by atoms with Crippen LogP contribution in [0.5, 0.6) is 0 Å². The fraction of sp³-hybridized carbons (Fsp3) is 0.529. The van der Waals surface area contributed by atoms with E-state index in [0.717, 1.165) is 10.5 Å². The topological polar surface area (TPSA) is 88.0 Å². The van der Waals surface area contributed by atoms with Crippen LogP contribution in [-0.4, -0.2) is 56.0 Å². The van der Waals surface area contributed by atoms with Crippen molar-refractivity contribution in [3.8, 4) is 0 Å². The van der Waals surface area contributed by atoms with Crippen molar-refractivity contribution < 1.29 is 22.9 Å². The van der Waals surface area contributed by atoms with Crippen molar-refractivity contribution in [2.45, 2.75) is 31.8 Å². The molecule has 0 bridgehead atoms. The van der Waals surface area contributed by atoms with E-state index in [-0.39, 0.29) is 30.1 Å². The van der Waals surface area contributed by atoms with E-state index in [1.165, 1.54) is 4.90 Å². The number of imide groups is 1. The molecule has 2 aliphatic rings. The third-order valence-electron chi connectivity index (χ3n) is 5.25. The standard InChI is InChI=1S/C17H23N3O4S/c1-3-19(14-9-10-25(23,24)11-14)12-20-15(21)17(2,18-16(20)22)13-7-5-4-6-8-13/h4-8,14H,3,9-12H2,1-2H3,(H,18,22)/p+1/t14-,17-/m1/s1. The van der Waals surface area contributed by atoms with Crippen LogP contribution in [0.3, 0.4) is 0 Å². The van der Waals surface area contributed by atoms with Crippen LogP contribution >= 0.6 is 0 Å². The predicted octanol–water partition coefficient (Wildman–Crippen LogP) is -0.497. The van der Waals surface area contributed by atoms with E-state index < -0.39 is 21.4 Å². The Hall–Kier alpha value is -1.93. The molecule has 3 atom stereocenters. The number of quaternary nitrogens is 1. The third-order valence-corrected chi connectivity index (χ3v) is 7.02. The molecule has 2 aliphatic heterocycles. The molecule has 2 N–H and O–H groups in total. The highest BCUT2D eigenvalue weighted by Crippen LogP contribution is 2.28. The van der Waals surface area contributed by atoms with E-state index in [4.69, 9.17) is 0 Å². The minimum Gasteiger partial charge on any atom is -0.319 e. The van der Waals surface area contributed by atoms with Gasteiger partial charge in [-0.3, -0.25) is 4.79 Å². The van der Waals surface area contributed by atoms with Crippen LogP contribution in [0.1, 0.15) is 25.8 Å². The Morgan fingerprint density at radius 2 is 1.96 bits per heavy atom. The van der Waals surface area contributed by atoms with Crippen molar-refractivity contribution in [2.75, 3.05) is 24.7 Å². The molecule has 1 aromatic carbocycles. The van der Waals surface area contributed by atoms with E-state index >= 15 is 0 Å². The average Bonchev–Trinajstić information content (AvgIpc) is 3.05. The van der Waals surface area contributed by atoms with E-state index in [0.29, 0.717) is 13.0 Å². The lowest BCUT2D eigenvalue weighted by atomic mass is 9.92. The molecule has 0 aromatic heterocycles. The van der Waals surface area contributed by atoms with Crippen molar-refractivity contribution in [3.05, 3.63) is 35.9 Å². The van der Waals surface area contributed by atoms with Gasteiger partial charge in [0.25, 0.3) is 5.91 Å². The molecule has 2 heterocycles. The van der Waals surface area contributed by atoms with Gasteiger partial charge in [-0.15, -0.1) is 0 Å². The number of benzene rings is 1. The number of carbonyl (C=O) groups is 2. The number of nitrogens with one attached hydrogen (secondary N) is 2. The smallest absolute Gasteiger partial charge is 0.319 e. The lowest BCUT2D eigenvalue weighted by Crippen LogP contribution is -3.17. The van der Waals surface area contributed by atoms with Gasteiger partial charge < -0.3 is 10.2 Å². The highest BCUT2D eigenvalue weighted by atomic mass is 32.2. The number of hydrogen-bond donors (Lipinski definition) is 2. The minimum atomic E-state index is -3.00. The van der Waals surface area contributed by atoms with Crippen LogP contribution in [0.4, 0.5) is 4.79 Å². The van der Waals surface area contributed by atoms with Gasteiger partial charge in [0.1, 0.15) is 17.3 Å². The summed E-state index contributed by atoms with van der Waals surface area (Å²) in [5.74, 6) is 0.00855. The molecule has 0 radical (unpaired) electrons. The lowest BCUT2D eigenvalue weighted by Gasteiger charge is -2.27. The lowest BCUT2D eigenvalue weighted by molar-refractivity contribution is -0.927. The van der Waals surface area contributed by atoms with Crippen molar-refractivity contribution in [1.29, 1.82) is 0 Å². The maximum absolute atomic E-state index is 12.9. The van der Waals surface area contributed by atoms with E-state index in [1.54, 1.807) is 6.92 Å². The van der Waals surface area contributed by atoms with Crippen molar-refractivity contribution in [1.82, 2.24) is 10.2 Å². The van der Waals surface area contributed by atoms with E-state index in [1.807, 2.05) is 37.3 Å². The molecule has 136 valence electrons. The van der Waals surface area contributed by atoms with Gasteiger partial charge >= 0.3 is 6.03 Å². The SMILES string of the molecule is CC[NH+](CN1C(=O)N[C@](C)(c2ccccc2)C1=O)[C@@H]1CCS(=O)(=O)C1. The van der Waals surface area contributed by atoms with Gasteiger partial charge in [-0.1, -0.05) is 30.3 Å². The molecule has 0 spiro atoms. The Balaban J connectivity index is 1.79. The van der Waals surface area contributed by atoms with Crippen LogP contribution in [0, 0.1) is 0 Å². The first-order chi connectivity index (χ1) is 11.8. The van der Waals surface area contributed by atoms with Gasteiger partial charge in [-0.05, 0) is 19.4 Å². The Kier molecular flexibility index (Phi) is 4.59. The van der Waals surface area contributed by atoms with Gasteiger partial charge in [0, 0.05) is 6.42 Å². The molecule has 25 heavy (non-hydrogen) atoms. The quantitative estimate of drug-likeness (QED) is 0.688. The fourth-order valence-corrected chi connectivity index (χ4v) is 5.48. The number of rotatable bonds is 5. The van der Waals surface area contributed by atoms with Crippen LogP contribution in [0.15, 0.2) is 30.3 Å². The molecule has 1 aromatic rings. The monoisotopic (exact) mass is 366 g/mol. The number of carbonyl (C=O) groups excluding carboxylic acids is 2. The Bertz CT molecular complexity index is 780. The molecule has 2 saturated heterocycles. The zero-order valence-corrected chi connectivity index (χ0v) is 15.3. The first-order valence-corrected chi connectivity index (χ1v) is 10.3. The summed E-state index contributed by atoms with van der Waals surface area (Å²) in [6, 6.07) is 8.65. The molecule has 7 nitrogen and oxygen atoms in total. The summed E-state index contributed by atoms with van der Waals surface area (Å²) in [5, 5.41) is 2.79. The van der Waals surface area contributed by atoms with Crippen molar-refractivity contribution in [3.63, 3.8) is 0 Å². The largest absolute Gasteiger partial charge is 0.329 e. The maximum atomic E-state index is 12.9. The normalized spacial score (nSPS) is 29.7. The molecule has 3 rings (SSSR count). The third kappa shape index (κ3) is 3.28. The number of sulfone groups is 1. The van der Waals surface area contributed by atoms with Crippen molar-refractivity contribution in [2.24, 2.45) is 0 Å². The number of urea groups is 1. The second-order valence-corrected chi connectivity index (χ2v) is 9.15. The second-order valence-electron chi connectivity index (χ2n) is 6.92. The van der Waals surface area contributed by atoms with Gasteiger partial charge in [0.05, 0.1) is 12.3 Å².